The number of alkyl halides is 2. The largest absolute Gasteiger partial charge is 0.494 e. The normalized spacial score (nSPS) is 13.7. The number of hydrogen-bond donors (Lipinski definition) is 1. The van der Waals surface area contributed by atoms with Crippen LogP contribution in [0.3, 0.4) is 0 Å². The van der Waals surface area contributed by atoms with Crippen molar-refractivity contribution >= 4 is 10.8 Å². The van der Waals surface area contributed by atoms with Gasteiger partial charge in [-0.25, -0.2) is 0 Å². The Hall–Kier alpha value is -2.56. The minimum Gasteiger partial charge on any atom is -0.494 e. The Balaban J connectivity index is 1.80. The van der Waals surface area contributed by atoms with Gasteiger partial charge in [0.05, 0.1) is 0 Å². The molecule has 0 bridgehead atoms. The lowest BCUT2D eigenvalue weighted by molar-refractivity contribution is -0.0497. The molecule has 4 rings (SSSR count). The molecular formula is C18H15F2NO2. The van der Waals surface area contributed by atoms with Crippen LogP contribution < -0.4 is 4.74 Å². The summed E-state index contributed by atoms with van der Waals surface area (Å²) in [6.45, 7) is -2.88. The van der Waals surface area contributed by atoms with Crippen molar-refractivity contribution in [1.82, 2.24) is 4.57 Å². The lowest BCUT2D eigenvalue weighted by Crippen LogP contribution is -2.01. The van der Waals surface area contributed by atoms with Gasteiger partial charge in [0.15, 0.2) is 0 Å². The molecule has 0 aliphatic heterocycles. The van der Waals surface area contributed by atoms with Crippen LogP contribution in [-0.2, 0) is 12.8 Å². The van der Waals surface area contributed by atoms with Gasteiger partial charge in [-0.2, -0.15) is 8.78 Å². The number of aromatic nitrogens is 1. The van der Waals surface area contributed by atoms with Gasteiger partial charge in [-0.15, -0.1) is 0 Å². The quantitative estimate of drug-likeness (QED) is 0.776. The minimum absolute atomic E-state index is 0.0256. The van der Waals surface area contributed by atoms with E-state index in [-0.39, 0.29) is 11.6 Å². The molecule has 1 N–H and O–H groups in total. The van der Waals surface area contributed by atoms with Crippen LogP contribution in [0.5, 0.6) is 11.6 Å². The van der Waals surface area contributed by atoms with Crippen LogP contribution >= 0.6 is 0 Å². The molecule has 0 spiro atoms. The molecule has 0 amide bonds. The van der Waals surface area contributed by atoms with Gasteiger partial charge in [0, 0.05) is 22.7 Å². The number of halogens is 2. The van der Waals surface area contributed by atoms with Crippen molar-refractivity contribution < 1.29 is 18.6 Å². The van der Waals surface area contributed by atoms with Gasteiger partial charge < -0.3 is 9.84 Å². The van der Waals surface area contributed by atoms with Crippen LogP contribution in [0.25, 0.3) is 16.5 Å². The van der Waals surface area contributed by atoms with E-state index < -0.39 is 6.61 Å². The lowest BCUT2D eigenvalue weighted by Gasteiger charge is -2.07. The van der Waals surface area contributed by atoms with Crippen LogP contribution in [-0.4, -0.2) is 16.3 Å². The molecule has 1 aliphatic carbocycles. The number of aromatic hydroxyl groups is 1. The van der Waals surface area contributed by atoms with Gasteiger partial charge in [-0.1, -0.05) is 6.07 Å². The Morgan fingerprint density at radius 3 is 2.70 bits per heavy atom. The molecule has 0 atom stereocenters. The summed E-state index contributed by atoms with van der Waals surface area (Å²) in [5.41, 5.74) is 3.54. The van der Waals surface area contributed by atoms with E-state index in [1.54, 1.807) is 16.8 Å². The topological polar surface area (TPSA) is 34.4 Å². The van der Waals surface area contributed by atoms with E-state index in [1.165, 1.54) is 23.3 Å². The van der Waals surface area contributed by atoms with E-state index in [0.717, 1.165) is 30.3 Å². The first-order valence-electron chi connectivity index (χ1n) is 7.53. The monoisotopic (exact) mass is 315 g/mol. The Labute approximate surface area is 131 Å². The number of nitrogens with zero attached hydrogens (tertiary/aromatic N) is 1. The predicted octanol–water partition coefficient (Wildman–Crippen LogP) is 4.43. The zero-order chi connectivity index (χ0) is 16.0. The molecular weight excluding hydrogens is 300 g/mol. The second kappa shape index (κ2) is 5.26. The Morgan fingerprint density at radius 2 is 1.87 bits per heavy atom. The van der Waals surface area contributed by atoms with Crippen molar-refractivity contribution in [2.75, 3.05) is 0 Å². The fourth-order valence-corrected chi connectivity index (χ4v) is 3.25. The third-order valence-electron chi connectivity index (χ3n) is 4.35. The zero-order valence-electron chi connectivity index (χ0n) is 12.3. The fourth-order valence-electron chi connectivity index (χ4n) is 3.25. The van der Waals surface area contributed by atoms with Crippen molar-refractivity contribution in [3.05, 3.63) is 53.7 Å². The highest BCUT2D eigenvalue weighted by molar-refractivity contribution is 5.90. The van der Waals surface area contributed by atoms with Gasteiger partial charge in [0.2, 0.25) is 5.88 Å². The van der Waals surface area contributed by atoms with Crippen LogP contribution in [0, 0.1) is 0 Å². The van der Waals surface area contributed by atoms with Crippen LogP contribution in [0.4, 0.5) is 8.78 Å². The number of fused-ring (bicyclic) bond motifs is 2. The van der Waals surface area contributed by atoms with Gasteiger partial charge in [-0.05, 0) is 60.7 Å². The molecule has 23 heavy (non-hydrogen) atoms. The maximum atomic E-state index is 12.3. The molecule has 5 heteroatoms. The molecule has 0 radical (unpaired) electrons. The minimum atomic E-state index is -2.88. The molecule has 1 heterocycles. The third-order valence-corrected chi connectivity index (χ3v) is 4.35. The molecule has 0 saturated heterocycles. The molecule has 3 aromatic rings. The highest BCUT2D eigenvalue weighted by Crippen LogP contribution is 2.34. The first kappa shape index (κ1) is 14.1. The SMILES string of the molecule is Oc1c2cc(OC(F)F)ccc2cn1-c1ccc2c(c1)CCC2. The second-order valence-electron chi connectivity index (χ2n) is 5.76. The predicted molar refractivity (Wildman–Crippen MR) is 83.6 cm³/mol. The van der Waals surface area contributed by atoms with Crippen LogP contribution in [0.1, 0.15) is 17.5 Å². The van der Waals surface area contributed by atoms with Gasteiger partial charge >= 0.3 is 6.61 Å². The third kappa shape index (κ3) is 2.42. The molecule has 0 fully saturated rings. The van der Waals surface area contributed by atoms with Gasteiger partial charge in [0.1, 0.15) is 5.75 Å². The Kier molecular flexibility index (Phi) is 3.22. The number of aryl methyl sites for hydroxylation is 2. The maximum absolute atomic E-state index is 12.3. The molecule has 0 unspecified atom stereocenters. The van der Waals surface area contributed by atoms with Crippen molar-refractivity contribution in [1.29, 1.82) is 0 Å². The summed E-state index contributed by atoms with van der Waals surface area (Å²) >= 11 is 0. The smallest absolute Gasteiger partial charge is 0.387 e. The average molecular weight is 315 g/mol. The number of hydrogen-bond acceptors (Lipinski definition) is 2. The van der Waals surface area contributed by atoms with Crippen molar-refractivity contribution in [2.45, 2.75) is 25.9 Å². The molecule has 118 valence electrons. The maximum Gasteiger partial charge on any atom is 0.387 e. The highest BCUT2D eigenvalue weighted by Gasteiger charge is 2.15. The van der Waals surface area contributed by atoms with Gasteiger partial charge in [-0.3, -0.25) is 4.57 Å². The fraction of sp³-hybridized carbons (Fsp3) is 0.222. The van der Waals surface area contributed by atoms with E-state index in [0.29, 0.717) is 5.39 Å². The van der Waals surface area contributed by atoms with Crippen LogP contribution in [0.15, 0.2) is 42.6 Å². The Bertz CT molecular complexity index is 886. The molecule has 0 saturated carbocycles. The van der Waals surface area contributed by atoms with E-state index >= 15 is 0 Å². The van der Waals surface area contributed by atoms with Crippen LogP contribution in [0.2, 0.25) is 0 Å². The van der Waals surface area contributed by atoms with Gasteiger partial charge in [0.25, 0.3) is 0 Å². The number of benzene rings is 2. The van der Waals surface area contributed by atoms with E-state index in [1.807, 2.05) is 6.07 Å². The average Bonchev–Trinajstić information content (AvgIpc) is 3.11. The van der Waals surface area contributed by atoms with E-state index in [2.05, 4.69) is 16.9 Å². The standard InChI is InChI=1S/C18H15F2NO2/c19-18(20)23-15-7-5-13-10-21(17(22)16(13)9-15)14-6-4-11-2-1-3-12(11)8-14/h4-10,18,22H,1-3H2. The first-order valence-corrected chi connectivity index (χ1v) is 7.53. The Morgan fingerprint density at radius 1 is 1.04 bits per heavy atom. The molecule has 3 nitrogen and oxygen atoms in total. The highest BCUT2D eigenvalue weighted by atomic mass is 19.3. The molecule has 1 aliphatic rings. The zero-order valence-corrected chi connectivity index (χ0v) is 12.3. The van der Waals surface area contributed by atoms with Crippen molar-refractivity contribution in [3.63, 3.8) is 0 Å². The molecule has 1 aromatic heterocycles. The molecule has 2 aromatic carbocycles. The first-order chi connectivity index (χ1) is 11.1. The van der Waals surface area contributed by atoms with Crippen molar-refractivity contribution in [2.24, 2.45) is 0 Å². The van der Waals surface area contributed by atoms with Crippen molar-refractivity contribution in [3.8, 4) is 17.3 Å². The summed E-state index contributed by atoms with van der Waals surface area (Å²) in [6, 6.07) is 10.7. The summed E-state index contributed by atoms with van der Waals surface area (Å²) in [5.74, 6) is 0.0622. The lowest BCUT2D eigenvalue weighted by atomic mass is 10.1. The second-order valence-corrected chi connectivity index (χ2v) is 5.76. The summed E-state index contributed by atoms with van der Waals surface area (Å²) in [7, 11) is 0. The summed E-state index contributed by atoms with van der Waals surface area (Å²) < 4.78 is 30.7. The van der Waals surface area contributed by atoms with E-state index in [4.69, 9.17) is 0 Å². The summed E-state index contributed by atoms with van der Waals surface area (Å²) in [4.78, 5) is 0. The number of rotatable bonds is 3. The number of ether oxygens (including phenoxy) is 1. The summed E-state index contributed by atoms with van der Waals surface area (Å²) in [5, 5.41) is 11.7. The van der Waals surface area contributed by atoms with E-state index in [9.17, 15) is 13.9 Å². The summed E-state index contributed by atoms with van der Waals surface area (Å²) in [6.07, 6.45) is 5.11.